The summed E-state index contributed by atoms with van der Waals surface area (Å²) < 4.78 is 13.3. The van der Waals surface area contributed by atoms with Gasteiger partial charge < -0.3 is 10.6 Å². The number of fused-ring (bicyclic) bond motifs is 1. The van der Waals surface area contributed by atoms with Crippen LogP contribution in [0, 0.1) is 17.1 Å². The lowest BCUT2D eigenvalue weighted by atomic mass is 9.89. The molecule has 1 atom stereocenters. The first-order valence-corrected chi connectivity index (χ1v) is 6.97. The van der Waals surface area contributed by atoms with Gasteiger partial charge in [-0.05, 0) is 42.0 Å². The van der Waals surface area contributed by atoms with E-state index in [9.17, 15) is 14.0 Å². The zero-order valence-electron chi connectivity index (χ0n) is 12.0. The van der Waals surface area contributed by atoms with E-state index in [1.165, 1.54) is 18.2 Å². The fourth-order valence-electron chi connectivity index (χ4n) is 2.53. The van der Waals surface area contributed by atoms with Crippen molar-refractivity contribution in [3.63, 3.8) is 0 Å². The summed E-state index contributed by atoms with van der Waals surface area (Å²) in [6.45, 7) is 0. The van der Waals surface area contributed by atoms with Crippen molar-refractivity contribution >= 4 is 23.2 Å². The van der Waals surface area contributed by atoms with Gasteiger partial charge in [0, 0.05) is 17.8 Å². The minimum absolute atomic E-state index is 0.000739. The number of benzene rings is 2. The topological polar surface area (TPSA) is 82.0 Å². The van der Waals surface area contributed by atoms with E-state index in [2.05, 4.69) is 10.6 Å². The Morgan fingerprint density at radius 3 is 2.70 bits per heavy atom. The first-order valence-electron chi connectivity index (χ1n) is 6.97. The summed E-state index contributed by atoms with van der Waals surface area (Å²) >= 11 is 0. The van der Waals surface area contributed by atoms with E-state index < -0.39 is 11.7 Å². The molecule has 2 aromatic rings. The first-order chi connectivity index (χ1) is 11.1. The summed E-state index contributed by atoms with van der Waals surface area (Å²) in [4.78, 5) is 24.2. The molecule has 1 aliphatic heterocycles. The zero-order valence-corrected chi connectivity index (χ0v) is 12.0. The van der Waals surface area contributed by atoms with Crippen LogP contribution in [0.25, 0.3) is 0 Å². The number of nitriles is 1. The highest BCUT2D eigenvalue weighted by atomic mass is 19.1. The largest absolute Gasteiger partial charge is 0.326 e. The zero-order chi connectivity index (χ0) is 16.4. The molecule has 2 aromatic carbocycles. The molecule has 0 bridgehead atoms. The molecule has 1 aliphatic rings. The standard InChI is InChI=1S/C17H12FN3O2/c18-11-3-6-13-14(8-16(22)21-15(13)7-11)17(23)20-12-4-1-10(9-19)2-5-12/h1-7,14H,8H2,(H,20,23)(H,21,22)/t14-/m0/s1. The Bertz CT molecular complexity index is 825. The maximum Gasteiger partial charge on any atom is 0.232 e. The van der Waals surface area contributed by atoms with Gasteiger partial charge in [-0.1, -0.05) is 6.07 Å². The molecule has 0 radical (unpaired) electrons. The minimum Gasteiger partial charge on any atom is -0.326 e. The van der Waals surface area contributed by atoms with Crippen molar-refractivity contribution in [1.82, 2.24) is 0 Å². The van der Waals surface area contributed by atoms with Crippen molar-refractivity contribution in [3.8, 4) is 6.07 Å². The van der Waals surface area contributed by atoms with E-state index in [4.69, 9.17) is 5.26 Å². The van der Waals surface area contributed by atoms with Crippen molar-refractivity contribution in [1.29, 1.82) is 5.26 Å². The highest BCUT2D eigenvalue weighted by molar-refractivity contribution is 6.05. The molecule has 2 amide bonds. The van der Waals surface area contributed by atoms with Gasteiger partial charge in [0.25, 0.3) is 0 Å². The van der Waals surface area contributed by atoms with E-state index in [-0.39, 0.29) is 18.2 Å². The van der Waals surface area contributed by atoms with Gasteiger partial charge in [-0.2, -0.15) is 5.26 Å². The third kappa shape index (κ3) is 3.04. The number of halogens is 1. The van der Waals surface area contributed by atoms with Crippen LogP contribution in [0.1, 0.15) is 23.5 Å². The number of hydrogen-bond acceptors (Lipinski definition) is 3. The van der Waals surface area contributed by atoms with Crippen molar-refractivity contribution in [3.05, 3.63) is 59.4 Å². The Labute approximate surface area is 131 Å². The molecule has 0 saturated carbocycles. The quantitative estimate of drug-likeness (QED) is 0.895. The van der Waals surface area contributed by atoms with Crippen LogP contribution < -0.4 is 10.6 Å². The van der Waals surface area contributed by atoms with Gasteiger partial charge in [-0.3, -0.25) is 9.59 Å². The molecule has 1 heterocycles. The second kappa shape index (κ2) is 5.89. The van der Waals surface area contributed by atoms with Crippen LogP contribution in [0.2, 0.25) is 0 Å². The van der Waals surface area contributed by atoms with E-state index in [0.717, 1.165) is 0 Å². The number of nitrogens with one attached hydrogen (secondary N) is 2. The van der Waals surface area contributed by atoms with Crippen molar-refractivity contribution in [2.75, 3.05) is 10.6 Å². The van der Waals surface area contributed by atoms with Gasteiger partial charge in [0.2, 0.25) is 11.8 Å². The number of anilines is 2. The predicted octanol–water partition coefficient (Wildman–Crippen LogP) is 2.76. The third-order valence-corrected chi connectivity index (χ3v) is 3.65. The van der Waals surface area contributed by atoms with Crippen LogP contribution in [0.5, 0.6) is 0 Å². The molecule has 114 valence electrons. The first kappa shape index (κ1) is 14.7. The number of carbonyl (C=O) groups excluding carboxylic acids is 2. The van der Waals surface area contributed by atoms with Crippen LogP contribution in [0.15, 0.2) is 42.5 Å². The summed E-state index contributed by atoms with van der Waals surface area (Å²) in [5.41, 5.74) is 1.92. The van der Waals surface area contributed by atoms with Crippen LogP contribution in [-0.4, -0.2) is 11.8 Å². The van der Waals surface area contributed by atoms with Crippen LogP contribution in [0.4, 0.5) is 15.8 Å². The van der Waals surface area contributed by atoms with Gasteiger partial charge in [-0.15, -0.1) is 0 Å². The normalized spacial score (nSPS) is 16.0. The molecule has 5 nitrogen and oxygen atoms in total. The summed E-state index contributed by atoms with van der Waals surface area (Å²) in [5, 5.41) is 14.0. The lowest BCUT2D eigenvalue weighted by Crippen LogP contribution is -2.30. The van der Waals surface area contributed by atoms with Gasteiger partial charge >= 0.3 is 0 Å². The number of nitrogens with zero attached hydrogens (tertiary/aromatic N) is 1. The SMILES string of the molecule is N#Cc1ccc(NC(=O)[C@H]2CC(=O)Nc3cc(F)ccc32)cc1. The maximum atomic E-state index is 13.3. The number of carbonyl (C=O) groups is 2. The van der Waals surface area contributed by atoms with E-state index >= 15 is 0 Å². The van der Waals surface area contributed by atoms with Gasteiger partial charge in [0.05, 0.1) is 17.6 Å². The molecule has 0 aromatic heterocycles. The summed E-state index contributed by atoms with van der Waals surface area (Å²) in [6.07, 6.45) is 0.000739. The van der Waals surface area contributed by atoms with Crippen LogP contribution >= 0.6 is 0 Å². The van der Waals surface area contributed by atoms with Gasteiger partial charge in [-0.25, -0.2) is 4.39 Å². The molecule has 3 rings (SSSR count). The van der Waals surface area contributed by atoms with E-state index in [1.807, 2.05) is 6.07 Å². The van der Waals surface area contributed by atoms with E-state index in [0.29, 0.717) is 22.5 Å². The lowest BCUT2D eigenvalue weighted by molar-refractivity contribution is -0.123. The molecule has 0 fully saturated rings. The van der Waals surface area contributed by atoms with E-state index in [1.54, 1.807) is 24.3 Å². The number of rotatable bonds is 2. The van der Waals surface area contributed by atoms with Gasteiger partial charge in [0.15, 0.2) is 0 Å². The fraction of sp³-hybridized carbons (Fsp3) is 0.118. The summed E-state index contributed by atoms with van der Waals surface area (Å²) in [6, 6.07) is 12.4. The van der Waals surface area contributed by atoms with Crippen molar-refractivity contribution in [2.24, 2.45) is 0 Å². The second-order valence-electron chi connectivity index (χ2n) is 5.21. The Kier molecular flexibility index (Phi) is 3.77. The monoisotopic (exact) mass is 309 g/mol. The molecule has 23 heavy (non-hydrogen) atoms. The molecule has 2 N–H and O–H groups in total. The van der Waals surface area contributed by atoms with Crippen molar-refractivity contribution in [2.45, 2.75) is 12.3 Å². The average Bonchev–Trinajstić information content (AvgIpc) is 2.54. The van der Waals surface area contributed by atoms with Crippen LogP contribution in [0.3, 0.4) is 0 Å². The maximum absolute atomic E-state index is 13.3. The fourth-order valence-corrected chi connectivity index (χ4v) is 2.53. The molecule has 0 spiro atoms. The smallest absolute Gasteiger partial charge is 0.232 e. The Balaban J connectivity index is 1.85. The Morgan fingerprint density at radius 1 is 1.26 bits per heavy atom. The number of amides is 2. The molecular formula is C17H12FN3O2. The number of hydrogen-bond donors (Lipinski definition) is 2. The average molecular weight is 309 g/mol. The minimum atomic E-state index is -0.685. The third-order valence-electron chi connectivity index (χ3n) is 3.65. The highest BCUT2D eigenvalue weighted by Crippen LogP contribution is 2.33. The molecule has 0 saturated heterocycles. The summed E-state index contributed by atoms with van der Waals surface area (Å²) in [7, 11) is 0. The molecule has 0 unspecified atom stereocenters. The highest BCUT2D eigenvalue weighted by Gasteiger charge is 2.30. The molecule has 0 aliphatic carbocycles. The summed E-state index contributed by atoms with van der Waals surface area (Å²) in [5.74, 6) is -1.84. The Hall–Kier alpha value is -3.20. The Morgan fingerprint density at radius 2 is 2.00 bits per heavy atom. The second-order valence-corrected chi connectivity index (χ2v) is 5.21. The predicted molar refractivity (Wildman–Crippen MR) is 82.2 cm³/mol. The molecular weight excluding hydrogens is 297 g/mol. The molecule has 6 heteroatoms. The van der Waals surface area contributed by atoms with Crippen LogP contribution in [-0.2, 0) is 9.59 Å². The van der Waals surface area contributed by atoms with Gasteiger partial charge in [0.1, 0.15) is 5.82 Å². The van der Waals surface area contributed by atoms with Crippen molar-refractivity contribution < 1.29 is 14.0 Å². The lowest BCUT2D eigenvalue weighted by Gasteiger charge is -2.24.